The van der Waals surface area contributed by atoms with E-state index in [2.05, 4.69) is 53.7 Å². The normalized spacial score (nSPS) is 18.1. The summed E-state index contributed by atoms with van der Waals surface area (Å²) in [5.41, 5.74) is 2.58. The lowest BCUT2D eigenvalue weighted by atomic mass is 9.67. The van der Waals surface area contributed by atoms with Gasteiger partial charge in [-0.1, -0.05) is 47.6 Å². The number of rotatable bonds is 3. The second-order valence-electron chi connectivity index (χ2n) is 8.09. The highest BCUT2D eigenvalue weighted by Crippen LogP contribution is 2.42. The minimum Gasteiger partial charge on any atom is -0.466 e. The van der Waals surface area contributed by atoms with Gasteiger partial charge in [0.15, 0.2) is 0 Å². The Hall–Kier alpha value is -1.05. The molecule has 0 saturated heterocycles. The van der Waals surface area contributed by atoms with E-state index in [4.69, 9.17) is 4.74 Å². The molecular formula is C18H30O2. The van der Waals surface area contributed by atoms with Crippen LogP contribution in [0.3, 0.4) is 0 Å². The topological polar surface area (TPSA) is 26.3 Å². The highest BCUT2D eigenvalue weighted by Gasteiger charge is 2.32. The summed E-state index contributed by atoms with van der Waals surface area (Å²) >= 11 is 0. The van der Waals surface area contributed by atoms with Gasteiger partial charge in [0.2, 0.25) is 0 Å². The van der Waals surface area contributed by atoms with Gasteiger partial charge in [0.05, 0.1) is 7.11 Å². The van der Waals surface area contributed by atoms with Gasteiger partial charge in [0, 0.05) is 5.57 Å². The van der Waals surface area contributed by atoms with Crippen LogP contribution in [0.25, 0.3) is 0 Å². The van der Waals surface area contributed by atoms with Gasteiger partial charge >= 0.3 is 5.97 Å². The van der Waals surface area contributed by atoms with E-state index in [0.717, 1.165) is 24.8 Å². The molecule has 0 heterocycles. The first-order valence-electron chi connectivity index (χ1n) is 7.53. The van der Waals surface area contributed by atoms with Crippen LogP contribution < -0.4 is 0 Å². The SMILES string of the molecule is COC(=O)C1=CC(C(CC(C)(C)C)C(C)(C)C)=CCC1. The van der Waals surface area contributed by atoms with Crippen molar-refractivity contribution in [3.8, 4) is 0 Å². The molecule has 20 heavy (non-hydrogen) atoms. The minimum atomic E-state index is -0.181. The summed E-state index contributed by atoms with van der Waals surface area (Å²) in [6, 6.07) is 0. The second-order valence-corrected chi connectivity index (χ2v) is 8.09. The van der Waals surface area contributed by atoms with E-state index < -0.39 is 0 Å². The van der Waals surface area contributed by atoms with Crippen molar-refractivity contribution in [2.24, 2.45) is 16.7 Å². The van der Waals surface area contributed by atoms with Gasteiger partial charge in [-0.3, -0.25) is 0 Å². The zero-order valence-corrected chi connectivity index (χ0v) is 14.2. The molecule has 1 unspecified atom stereocenters. The quantitative estimate of drug-likeness (QED) is 0.686. The first-order chi connectivity index (χ1) is 9.04. The minimum absolute atomic E-state index is 0.181. The average Bonchev–Trinajstić information content (AvgIpc) is 2.33. The lowest BCUT2D eigenvalue weighted by Crippen LogP contribution is -2.27. The molecule has 2 heteroatoms. The van der Waals surface area contributed by atoms with E-state index in [1.807, 2.05) is 0 Å². The summed E-state index contributed by atoms with van der Waals surface area (Å²) in [5.74, 6) is 0.279. The van der Waals surface area contributed by atoms with Crippen LogP contribution in [0.4, 0.5) is 0 Å². The number of hydrogen-bond donors (Lipinski definition) is 0. The second kappa shape index (κ2) is 6.15. The van der Waals surface area contributed by atoms with Crippen LogP contribution in [0.15, 0.2) is 23.3 Å². The van der Waals surface area contributed by atoms with Crippen molar-refractivity contribution >= 4 is 5.97 Å². The van der Waals surface area contributed by atoms with Crippen LogP contribution in [0, 0.1) is 16.7 Å². The third kappa shape index (κ3) is 4.81. The van der Waals surface area contributed by atoms with Crippen LogP contribution in [0.1, 0.15) is 60.8 Å². The number of methoxy groups -OCH3 is 1. The third-order valence-corrected chi connectivity index (χ3v) is 3.85. The average molecular weight is 278 g/mol. The molecule has 0 spiro atoms. The van der Waals surface area contributed by atoms with Crippen molar-refractivity contribution < 1.29 is 9.53 Å². The monoisotopic (exact) mass is 278 g/mol. The van der Waals surface area contributed by atoms with Crippen LogP contribution in [0.2, 0.25) is 0 Å². The summed E-state index contributed by atoms with van der Waals surface area (Å²) in [5, 5.41) is 0. The van der Waals surface area contributed by atoms with E-state index in [0.29, 0.717) is 5.92 Å². The first kappa shape index (κ1) is 17.0. The molecule has 0 fully saturated rings. The number of carbonyl (C=O) groups excluding carboxylic acids is 1. The Morgan fingerprint density at radius 2 is 1.85 bits per heavy atom. The van der Waals surface area contributed by atoms with Gasteiger partial charge < -0.3 is 4.74 Å². The zero-order valence-electron chi connectivity index (χ0n) is 14.2. The number of carbonyl (C=O) groups is 1. The maximum atomic E-state index is 11.8. The predicted octanol–water partition coefficient (Wildman–Crippen LogP) is 4.90. The van der Waals surface area contributed by atoms with Crippen molar-refractivity contribution in [2.75, 3.05) is 7.11 Å². The van der Waals surface area contributed by atoms with Crippen LogP contribution in [-0.4, -0.2) is 13.1 Å². The van der Waals surface area contributed by atoms with Crippen LogP contribution >= 0.6 is 0 Å². The van der Waals surface area contributed by atoms with Gasteiger partial charge in [-0.05, 0) is 47.7 Å². The number of ether oxygens (including phenoxy) is 1. The molecule has 2 nitrogen and oxygen atoms in total. The number of allylic oxidation sites excluding steroid dienone is 3. The molecule has 1 aliphatic carbocycles. The molecule has 0 radical (unpaired) electrons. The van der Waals surface area contributed by atoms with Gasteiger partial charge in [0.25, 0.3) is 0 Å². The van der Waals surface area contributed by atoms with Crippen molar-refractivity contribution in [3.63, 3.8) is 0 Å². The molecular weight excluding hydrogens is 248 g/mol. The lowest BCUT2D eigenvalue weighted by Gasteiger charge is -2.37. The molecule has 1 rings (SSSR count). The number of esters is 1. The molecule has 114 valence electrons. The highest BCUT2D eigenvalue weighted by molar-refractivity contribution is 5.89. The third-order valence-electron chi connectivity index (χ3n) is 3.85. The Bertz CT molecular complexity index is 414. The van der Waals surface area contributed by atoms with Gasteiger partial charge in [-0.15, -0.1) is 0 Å². The predicted molar refractivity (Wildman–Crippen MR) is 84.4 cm³/mol. The van der Waals surface area contributed by atoms with Crippen molar-refractivity contribution in [1.82, 2.24) is 0 Å². The first-order valence-corrected chi connectivity index (χ1v) is 7.53. The van der Waals surface area contributed by atoms with Crippen molar-refractivity contribution in [2.45, 2.75) is 60.8 Å². The molecule has 0 aromatic carbocycles. The maximum Gasteiger partial charge on any atom is 0.333 e. The van der Waals surface area contributed by atoms with Crippen molar-refractivity contribution in [1.29, 1.82) is 0 Å². The Balaban J connectivity index is 3.06. The van der Waals surface area contributed by atoms with E-state index in [-0.39, 0.29) is 16.8 Å². The smallest absolute Gasteiger partial charge is 0.333 e. The van der Waals surface area contributed by atoms with Crippen LogP contribution in [0.5, 0.6) is 0 Å². The fourth-order valence-corrected chi connectivity index (χ4v) is 2.80. The summed E-state index contributed by atoms with van der Waals surface area (Å²) in [6.45, 7) is 13.7. The maximum absolute atomic E-state index is 11.8. The Morgan fingerprint density at radius 1 is 1.25 bits per heavy atom. The van der Waals surface area contributed by atoms with Gasteiger partial charge in [0.1, 0.15) is 0 Å². The molecule has 0 amide bonds. The standard InChI is InChI=1S/C18H30O2/c1-17(2,3)12-15(18(4,5)6)13-9-8-10-14(11-13)16(19)20-7/h9,11,15H,8,10,12H2,1-7H3. The molecule has 0 bridgehead atoms. The largest absolute Gasteiger partial charge is 0.466 e. The zero-order chi connectivity index (χ0) is 15.6. The fraction of sp³-hybridized carbons (Fsp3) is 0.722. The van der Waals surface area contributed by atoms with Gasteiger partial charge in [-0.25, -0.2) is 4.79 Å². The summed E-state index contributed by atoms with van der Waals surface area (Å²) < 4.78 is 4.87. The molecule has 1 aliphatic rings. The molecule has 0 aromatic heterocycles. The van der Waals surface area contributed by atoms with E-state index in [1.54, 1.807) is 0 Å². The van der Waals surface area contributed by atoms with Crippen molar-refractivity contribution in [3.05, 3.63) is 23.3 Å². The number of hydrogen-bond acceptors (Lipinski definition) is 2. The van der Waals surface area contributed by atoms with E-state index in [9.17, 15) is 4.79 Å². The van der Waals surface area contributed by atoms with Gasteiger partial charge in [-0.2, -0.15) is 0 Å². The Morgan fingerprint density at radius 3 is 2.30 bits per heavy atom. The summed E-state index contributed by atoms with van der Waals surface area (Å²) in [6.07, 6.45) is 7.22. The highest BCUT2D eigenvalue weighted by atomic mass is 16.5. The Labute approximate surface area is 124 Å². The van der Waals surface area contributed by atoms with E-state index in [1.165, 1.54) is 12.7 Å². The molecule has 1 atom stereocenters. The van der Waals surface area contributed by atoms with E-state index >= 15 is 0 Å². The summed E-state index contributed by atoms with van der Waals surface area (Å²) in [4.78, 5) is 11.8. The molecule has 0 aromatic rings. The Kier molecular flexibility index (Phi) is 5.23. The van der Waals surface area contributed by atoms with Crippen LogP contribution in [-0.2, 0) is 9.53 Å². The summed E-state index contributed by atoms with van der Waals surface area (Å²) in [7, 11) is 1.46. The molecule has 0 aliphatic heterocycles. The molecule has 0 N–H and O–H groups in total. The fourth-order valence-electron chi connectivity index (χ4n) is 2.80. The lowest BCUT2D eigenvalue weighted by molar-refractivity contribution is -0.136. The molecule has 0 saturated carbocycles.